The highest BCUT2D eigenvalue weighted by atomic mass is 32.2. The summed E-state index contributed by atoms with van der Waals surface area (Å²) < 4.78 is 60.3. The Balaban J connectivity index is 1.51. The van der Waals surface area contributed by atoms with Crippen LogP contribution < -0.4 is 35.9 Å². The second-order valence-electron chi connectivity index (χ2n) is 11.9. The molecule has 0 aliphatic carbocycles. The quantitative estimate of drug-likeness (QED) is 0.0463. The number of carbonyl (C=O) groups is 3. The van der Waals surface area contributed by atoms with Crippen molar-refractivity contribution < 1.29 is 80.5 Å². The van der Waals surface area contributed by atoms with Gasteiger partial charge in [0.25, 0.3) is 15.6 Å². The molecule has 28 heteroatoms. The zero-order valence-electron chi connectivity index (χ0n) is 28.4. The lowest BCUT2D eigenvalue weighted by Gasteiger charge is -2.36. The van der Waals surface area contributed by atoms with Crippen molar-refractivity contribution in [1.29, 1.82) is 0 Å². The number of rotatable bonds is 21. The molecule has 1 fully saturated rings. The standard InChI is InChI=1S/C26H40N7O17P3S/c1-4-5-6-17(35)54-10-9-28-16(34)7-8-29-24(38)21(37)26(2,3)12-47-53(44,45)50-52(42,43)46-11-15-20(49-51(39,40)41)19(36)25(48-15)33-14-32-18-22(27)30-13-31-23(18)33/h1,13-15,19-21,25,36-37H,5-12H2,2-3H3,(H,28,34)(H,29,38)(H,42,43)(H,44,45)(H2,27,30,31)(H2,39,40,41)/p-4. The Kier molecular flexibility index (Phi) is 16.3. The van der Waals surface area contributed by atoms with Gasteiger partial charge in [-0.15, -0.1) is 12.3 Å². The summed E-state index contributed by atoms with van der Waals surface area (Å²) in [7, 11) is -17.6. The van der Waals surface area contributed by atoms with Gasteiger partial charge in [0.2, 0.25) is 11.8 Å². The maximum absolute atomic E-state index is 12.5. The van der Waals surface area contributed by atoms with Crippen molar-refractivity contribution in [3.8, 4) is 12.3 Å². The van der Waals surface area contributed by atoms with E-state index in [4.69, 9.17) is 16.9 Å². The van der Waals surface area contributed by atoms with Crippen LogP contribution in [-0.4, -0.2) is 103 Å². The van der Waals surface area contributed by atoms with Gasteiger partial charge in [-0.05, 0) is 0 Å². The number of hydrogen-bond acceptors (Lipinski definition) is 22. The van der Waals surface area contributed by atoms with Crippen molar-refractivity contribution in [1.82, 2.24) is 30.2 Å². The highest BCUT2D eigenvalue weighted by Gasteiger charge is 2.47. The molecule has 0 bridgehead atoms. The molecule has 0 spiro atoms. The van der Waals surface area contributed by atoms with Crippen molar-refractivity contribution in [2.45, 2.75) is 63.8 Å². The number of amides is 2. The van der Waals surface area contributed by atoms with Crippen LogP contribution in [0.2, 0.25) is 0 Å². The van der Waals surface area contributed by atoms with E-state index in [1.165, 1.54) is 13.8 Å². The van der Waals surface area contributed by atoms with E-state index < -0.39 is 84.6 Å². The Morgan fingerprint density at radius 3 is 2.46 bits per heavy atom. The minimum absolute atomic E-state index is 0.0240. The number of fused-ring (bicyclic) bond motifs is 1. The van der Waals surface area contributed by atoms with E-state index in [1.54, 1.807) is 0 Å². The van der Waals surface area contributed by atoms with Gasteiger partial charge in [-0.3, -0.25) is 28.1 Å². The van der Waals surface area contributed by atoms with E-state index in [1.807, 2.05) is 0 Å². The molecular weight excluding hydrogens is 807 g/mol. The zero-order valence-corrected chi connectivity index (χ0v) is 31.9. The number of aromatic nitrogens is 4. The van der Waals surface area contributed by atoms with Crippen molar-refractivity contribution in [2.24, 2.45) is 5.41 Å². The van der Waals surface area contributed by atoms with E-state index >= 15 is 0 Å². The topological polar surface area (TPSA) is 375 Å². The van der Waals surface area contributed by atoms with E-state index in [0.29, 0.717) is 12.2 Å². The van der Waals surface area contributed by atoms with Gasteiger partial charge in [0.1, 0.15) is 36.3 Å². The molecule has 2 aromatic heterocycles. The van der Waals surface area contributed by atoms with E-state index in [0.717, 1.165) is 29.0 Å². The van der Waals surface area contributed by atoms with Gasteiger partial charge in [0.15, 0.2) is 22.8 Å². The maximum atomic E-state index is 12.5. The van der Waals surface area contributed by atoms with Gasteiger partial charge >= 0.3 is 0 Å². The van der Waals surface area contributed by atoms with Crippen LogP contribution in [0, 0.1) is 17.8 Å². The number of phosphoric ester groups is 3. The number of aliphatic hydroxyl groups excluding tert-OH is 2. The second-order valence-corrected chi connectivity index (χ2v) is 17.1. The van der Waals surface area contributed by atoms with Crippen LogP contribution in [0.15, 0.2) is 12.7 Å². The summed E-state index contributed by atoms with van der Waals surface area (Å²) in [6.07, 6.45) is -2.01. The number of nitrogens with one attached hydrogen (secondary N) is 2. The number of hydrogen-bond donors (Lipinski definition) is 5. The lowest BCUT2D eigenvalue weighted by Crippen LogP contribution is -2.46. The summed E-state index contributed by atoms with van der Waals surface area (Å²) in [6.45, 7) is 0.0357. The fraction of sp³-hybridized carbons (Fsp3) is 0.615. The average Bonchev–Trinajstić information content (AvgIpc) is 3.63. The molecule has 3 heterocycles. The molecular formula is C26H36N7O17P3S-4. The smallest absolute Gasteiger partial charge is 0.274 e. The number of anilines is 1. The lowest BCUT2D eigenvalue weighted by atomic mass is 9.87. The highest BCUT2D eigenvalue weighted by molar-refractivity contribution is 8.13. The summed E-state index contributed by atoms with van der Waals surface area (Å²) >= 11 is 1.00. The Hall–Kier alpha value is -2.88. The molecule has 3 rings (SSSR count). The van der Waals surface area contributed by atoms with Crippen LogP contribution >= 0.6 is 35.2 Å². The van der Waals surface area contributed by atoms with E-state index in [2.05, 4.69) is 49.4 Å². The lowest BCUT2D eigenvalue weighted by molar-refractivity contribution is -0.347. The molecule has 1 aliphatic heterocycles. The summed E-state index contributed by atoms with van der Waals surface area (Å²) in [5.74, 6) is 1.07. The number of carbonyl (C=O) groups excluding carboxylic acids is 3. The SMILES string of the molecule is C#CCCC(=O)SCCNC(=O)CCNC(=O)C(O)C(C)(C)COP(=O)([O-])OP(=O)([O-])OCC1OC(n2cnc3c(N)ncnc32)C(O)C1OP(=O)([O-])[O-]. The van der Waals surface area contributed by atoms with Gasteiger partial charge in [0, 0.05) is 43.5 Å². The number of imidazole rings is 1. The van der Waals surface area contributed by atoms with Gasteiger partial charge in [-0.25, -0.2) is 19.3 Å². The molecule has 302 valence electrons. The van der Waals surface area contributed by atoms with Crippen LogP contribution in [0.4, 0.5) is 5.82 Å². The van der Waals surface area contributed by atoms with Crippen LogP contribution in [0.5, 0.6) is 0 Å². The molecule has 0 saturated carbocycles. The van der Waals surface area contributed by atoms with E-state index in [9.17, 15) is 57.9 Å². The molecule has 6 N–H and O–H groups in total. The summed E-state index contributed by atoms with van der Waals surface area (Å²) in [6, 6.07) is 0. The van der Waals surface area contributed by atoms with Crippen molar-refractivity contribution in [3.63, 3.8) is 0 Å². The van der Waals surface area contributed by atoms with Crippen molar-refractivity contribution in [2.75, 3.05) is 37.8 Å². The zero-order chi connectivity index (χ0) is 40.5. The fourth-order valence-electron chi connectivity index (χ4n) is 4.52. The van der Waals surface area contributed by atoms with E-state index in [-0.39, 0.29) is 48.0 Å². The highest BCUT2D eigenvalue weighted by Crippen LogP contribution is 2.56. The molecule has 7 atom stereocenters. The average molecular weight is 844 g/mol. The molecule has 2 amide bonds. The number of nitrogens with two attached hydrogens (primary N) is 1. The minimum atomic E-state index is -5.91. The monoisotopic (exact) mass is 843 g/mol. The number of nitrogens with zero attached hydrogens (tertiary/aromatic N) is 4. The molecule has 1 aliphatic rings. The van der Waals surface area contributed by atoms with Crippen LogP contribution in [-0.2, 0) is 50.7 Å². The summed E-state index contributed by atoms with van der Waals surface area (Å²) in [5, 5.41) is 26.0. The fourth-order valence-corrected chi connectivity index (χ4v) is 7.93. The number of ether oxygens (including phenoxy) is 1. The molecule has 0 radical (unpaired) electrons. The Bertz CT molecular complexity index is 1840. The largest absolute Gasteiger partial charge is 0.790 e. The van der Waals surface area contributed by atoms with Gasteiger partial charge in [-0.1, -0.05) is 25.6 Å². The molecule has 0 aromatic carbocycles. The third-order valence-electron chi connectivity index (χ3n) is 7.21. The second kappa shape index (κ2) is 19.3. The number of aliphatic hydroxyl groups is 2. The Morgan fingerprint density at radius 1 is 1.11 bits per heavy atom. The first-order valence-corrected chi connectivity index (χ1v) is 20.8. The van der Waals surface area contributed by atoms with Gasteiger partial charge in [-0.2, -0.15) is 0 Å². The number of thioether (sulfide) groups is 1. The number of nitrogen functional groups attached to an aromatic ring is 1. The summed E-state index contributed by atoms with van der Waals surface area (Å²) in [4.78, 5) is 95.3. The first-order valence-electron chi connectivity index (χ1n) is 15.5. The number of phosphoric acid groups is 3. The molecule has 7 unspecified atom stereocenters. The summed E-state index contributed by atoms with van der Waals surface area (Å²) in [5.41, 5.74) is 4.05. The molecule has 1 saturated heterocycles. The normalized spacial score (nSPS) is 21.8. The predicted octanol–water partition coefficient (Wildman–Crippen LogP) is -3.45. The first kappa shape index (κ1) is 45.5. The maximum Gasteiger partial charge on any atom is 0.274 e. The Morgan fingerprint density at radius 2 is 1.80 bits per heavy atom. The number of terminal acetylenes is 1. The Labute approximate surface area is 311 Å². The third-order valence-corrected chi connectivity index (χ3v) is 11.2. The third kappa shape index (κ3) is 13.7. The molecule has 24 nitrogen and oxygen atoms in total. The van der Waals surface area contributed by atoms with Crippen LogP contribution in [0.25, 0.3) is 11.2 Å². The van der Waals surface area contributed by atoms with Gasteiger partial charge < -0.3 is 69.0 Å². The first-order chi connectivity index (χ1) is 25.1. The van der Waals surface area contributed by atoms with Crippen LogP contribution in [0.1, 0.15) is 39.3 Å². The van der Waals surface area contributed by atoms with Gasteiger partial charge in [0.05, 0.1) is 27.4 Å². The minimum Gasteiger partial charge on any atom is -0.790 e. The molecule has 54 heavy (non-hydrogen) atoms. The van der Waals surface area contributed by atoms with Crippen molar-refractivity contribution >= 4 is 69.1 Å². The van der Waals surface area contributed by atoms with Crippen LogP contribution in [0.3, 0.4) is 0 Å². The predicted molar refractivity (Wildman–Crippen MR) is 176 cm³/mol. The van der Waals surface area contributed by atoms with Crippen molar-refractivity contribution in [3.05, 3.63) is 12.7 Å². The molecule has 2 aromatic rings.